The lowest BCUT2D eigenvalue weighted by atomic mass is 9.88. The fraction of sp³-hybridized carbons (Fsp3) is 0.294. The van der Waals surface area contributed by atoms with Crippen LogP contribution in [0.1, 0.15) is 27.9 Å². The molecule has 0 spiro atoms. The van der Waals surface area contributed by atoms with Gasteiger partial charge in [-0.1, -0.05) is 6.07 Å². The monoisotopic (exact) mass is 297 g/mol. The number of methoxy groups -OCH3 is 1. The Morgan fingerprint density at radius 2 is 2.18 bits per heavy atom. The Morgan fingerprint density at radius 3 is 2.91 bits per heavy atom. The smallest absolute Gasteiger partial charge is 0.257 e. The maximum absolute atomic E-state index is 12.2. The van der Waals surface area contributed by atoms with Gasteiger partial charge in [0.1, 0.15) is 0 Å². The Hall–Kier alpha value is -2.40. The second-order valence-corrected chi connectivity index (χ2v) is 5.53. The number of fused-ring (bicyclic) bond motifs is 1. The highest BCUT2D eigenvalue weighted by molar-refractivity contribution is 6.04. The largest absolute Gasteiger partial charge is 0.481 e. The molecule has 1 aliphatic rings. The van der Waals surface area contributed by atoms with E-state index in [2.05, 4.69) is 16.4 Å². The van der Waals surface area contributed by atoms with Crippen LogP contribution in [0.2, 0.25) is 0 Å². The van der Waals surface area contributed by atoms with Crippen LogP contribution in [-0.4, -0.2) is 24.0 Å². The lowest BCUT2D eigenvalue weighted by Gasteiger charge is -2.22. The number of benzene rings is 1. The van der Waals surface area contributed by atoms with E-state index in [1.165, 1.54) is 17.3 Å². The molecule has 3 rings (SSSR count). The molecule has 1 atom stereocenters. The Labute approximate surface area is 129 Å². The quantitative estimate of drug-likeness (QED) is 0.910. The molecule has 114 valence electrons. The van der Waals surface area contributed by atoms with Gasteiger partial charge < -0.3 is 15.8 Å². The van der Waals surface area contributed by atoms with E-state index in [9.17, 15) is 4.79 Å². The van der Waals surface area contributed by atoms with Crippen LogP contribution < -0.4 is 15.8 Å². The Bertz CT molecular complexity index is 683. The summed E-state index contributed by atoms with van der Waals surface area (Å²) < 4.78 is 4.99. The minimum absolute atomic E-state index is 0.178. The molecule has 0 radical (unpaired) electrons. The minimum atomic E-state index is -0.178. The van der Waals surface area contributed by atoms with Crippen LogP contribution in [0.3, 0.4) is 0 Å². The van der Waals surface area contributed by atoms with E-state index in [-0.39, 0.29) is 11.9 Å². The van der Waals surface area contributed by atoms with Gasteiger partial charge >= 0.3 is 0 Å². The number of carbonyl (C=O) groups is 1. The maximum Gasteiger partial charge on any atom is 0.257 e. The van der Waals surface area contributed by atoms with Gasteiger partial charge in [0, 0.05) is 24.0 Å². The molecular formula is C17H19N3O2. The Kier molecular flexibility index (Phi) is 4.06. The van der Waals surface area contributed by atoms with E-state index in [4.69, 9.17) is 10.5 Å². The number of aryl methyl sites for hydroxylation is 1. The van der Waals surface area contributed by atoms with Crippen molar-refractivity contribution in [1.29, 1.82) is 0 Å². The molecule has 5 heteroatoms. The van der Waals surface area contributed by atoms with Gasteiger partial charge in [-0.05, 0) is 48.6 Å². The van der Waals surface area contributed by atoms with Gasteiger partial charge in [-0.15, -0.1) is 0 Å². The topological polar surface area (TPSA) is 77.2 Å². The van der Waals surface area contributed by atoms with Gasteiger partial charge in [0.25, 0.3) is 5.91 Å². The molecular weight excluding hydrogens is 278 g/mol. The van der Waals surface area contributed by atoms with E-state index in [0.717, 1.165) is 24.9 Å². The molecule has 1 aliphatic carbocycles. The average Bonchev–Trinajstić information content (AvgIpc) is 2.55. The van der Waals surface area contributed by atoms with Crippen LogP contribution in [0, 0.1) is 0 Å². The zero-order valence-electron chi connectivity index (χ0n) is 12.5. The SMILES string of the molecule is COc1ccc(C(=O)Nc2ccc3c(c2)CC[C@H](N)C3)cn1. The van der Waals surface area contributed by atoms with E-state index in [0.29, 0.717) is 11.4 Å². The first kappa shape index (κ1) is 14.5. The van der Waals surface area contributed by atoms with Crippen LogP contribution >= 0.6 is 0 Å². The zero-order valence-corrected chi connectivity index (χ0v) is 12.5. The number of aromatic nitrogens is 1. The lowest BCUT2D eigenvalue weighted by Crippen LogP contribution is -2.27. The zero-order chi connectivity index (χ0) is 15.5. The van der Waals surface area contributed by atoms with E-state index < -0.39 is 0 Å². The molecule has 5 nitrogen and oxygen atoms in total. The maximum atomic E-state index is 12.2. The lowest BCUT2D eigenvalue weighted by molar-refractivity contribution is 0.102. The molecule has 1 amide bonds. The fourth-order valence-electron chi connectivity index (χ4n) is 2.70. The van der Waals surface area contributed by atoms with E-state index in [1.807, 2.05) is 12.1 Å². The first-order valence-electron chi connectivity index (χ1n) is 7.34. The molecule has 0 saturated carbocycles. The van der Waals surface area contributed by atoms with Crippen molar-refractivity contribution in [2.24, 2.45) is 5.73 Å². The van der Waals surface area contributed by atoms with E-state index >= 15 is 0 Å². The normalized spacial score (nSPS) is 16.7. The number of carbonyl (C=O) groups excluding carboxylic acids is 1. The average molecular weight is 297 g/mol. The van der Waals surface area contributed by atoms with Crippen molar-refractivity contribution < 1.29 is 9.53 Å². The van der Waals surface area contributed by atoms with Crippen molar-refractivity contribution in [1.82, 2.24) is 4.98 Å². The Morgan fingerprint density at radius 1 is 1.32 bits per heavy atom. The molecule has 0 unspecified atom stereocenters. The number of pyridine rings is 1. The predicted octanol–water partition coefficient (Wildman–Crippen LogP) is 2.16. The summed E-state index contributed by atoms with van der Waals surface area (Å²) in [6, 6.07) is 9.62. The van der Waals surface area contributed by atoms with Gasteiger partial charge in [0.15, 0.2) is 0 Å². The summed E-state index contributed by atoms with van der Waals surface area (Å²) in [5.41, 5.74) is 9.83. The Balaban J connectivity index is 1.73. The molecule has 0 fully saturated rings. The number of nitrogens with one attached hydrogen (secondary N) is 1. The molecule has 0 aliphatic heterocycles. The van der Waals surface area contributed by atoms with Crippen LogP contribution in [-0.2, 0) is 12.8 Å². The summed E-state index contributed by atoms with van der Waals surface area (Å²) in [4.78, 5) is 16.3. The molecule has 3 N–H and O–H groups in total. The second-order valence-electron chi connectivity index (χ2n) is 5.53. The first-order valence-corrected chi connectivity index (χ1v) is 7.34. The molecule has 0 bridgehead atoms. The van der Waals surface area contributed by atoms with Gasteiger partial charge in [0.05, 0.1) is 12.7 Å². The van der Waals surface area contributed by atoms with Crippen LogP contribution in [0.25, 0.3) is 0 Å². The van der Waals surface area contributed by atoms with Crippen LogP contribution in [0.5, 0.6) is 5.88 Å². The van der Waals surface area contributed by atoms with Crippen LogP contribution in [0.15, 0.2) is 36.5 Å². The predicted molar refractivity (Wildman–Crippen MR) is 85.2 cm³/mol. The summed E-state index contributed by atoms with van der Waals surface area (Å²) in [5, 5.41) is 2.91. The third-order valence-corrected chi connectivity index (χ3v) is 3.94. The third kappa shape index (κ3) is 3.09. The third-order valence-electron chi connectivity index (χ3n) is 3.94. The molecule has 1 aromatic carbocycles. The highest BCUT2D eigenvalue weighted by atomic mass is 16.5. The number of ether oxygens (including phenoxy) is 1. The van der Waals surface area contributed by atoms with Crippen molar-refractivity contribution in [3.05, 3.63) is 53.2 Å². The minimum Gasteiger partial charge on any atom is -0.481 e. The molecule has 0 saturated heterocycles. The van der Waals surface area contributed by atoms with Crippen molar-refractivity contribution in [3.8, 4) is 5.88 Å². The molecule has 1 heterocycles. The number of rotatable bonds is 3. The first-order chi connectivity index (χ1) is 10.7. The number of nitrogens with zero attached hydrogens (tertiary/aromatic N) is 1. The number of hydrogen-bond donors (Lipinski definition) is 2. The van der Waals surface area contributed by atoms with Gasteiger partial charge in [-0.3, -0.25) is 4.79 Å². The standard InChI is InChI=1S/C17H19N3O2/c1-22-16-7-4-13(10-19-16)17(21)20-15-6-3-11-8-14(18)5-2-12(11)9-15/h3-4,6-7,9-10,14H,2,5,8,18H2,1H3,(H,20,21)/t14-/m0/s1. The summed E-state index contributed by atoms with van der Waals surface area (Å²) >= 11 is 0. The van der Waals surface area contributed by atoms with Crippen molar-refractivity contribution in [2.75, 3.05) is 12.4 Å². The molecule has 1 aromatic heterocycles. The number of amides is 1. The van der Waals surface area contributed by atoms with Crippen molar-refractivity contribution in [3.63, 3.8) is 0 Å². The van der Waals surface area contributed by atoms with Gasteiger partial charge in [-0.2, -0.15) is 0 Å². The summed E-state index contributed by atoms with van der Waals surface area (Å²) in [5.74, 6) is 0.310. The second kappa shape index (κ2) is 6.15. The number of nitrogens with two attached hydrogens (primary N) is 1. The van der Waals surface area contributed by atoms with E-state index in [1.54, 1.807) is 19.2 Å². The van der Waals surface area contributed by atoms with Crippen LogP contribution in [0.4, 0.5) is 5.69 Å². The van der Waals surface area contributed by atoms with Crippen molar-refractivity contribution in [2.45, 2.75) is 25.3 Å². The van der Waals surface area contributed by atoms with Gasteiger partial charge in [0.2, 0.25) is 5.88 Å². The summed E-state index contributed by atoms with van der Waals surface area (Å²) in [6.45, 7) is 0. The number of hydrogen-bond acceptors (Lipinski definition) is 4. The highest BCUT2D eigenvalue weighted by Gasteiger charge is 2.16. The summed E-state index contributed by atoms with van der Waals surface area (Å²) in [6.07, 6.45) is 4.37. The number of anilines is 1. The highest BCUT2D eigenvalue weighted by Crippen LogP contribution is 2.24. The van der Waals surface area contributed by atoms with Gasteiger partial charge in [-0.25, -0.2) is 4.98 Å². The molecule has 22 heavy (non-hydrogen) atoms. The van der Waals surface area contributed by atoms with Crippen molar-refractivity contribution >= 4 is 11.6 Å². The molecule has 2 aromatic rings. The summed E-state index contributed by atoms with van der Waals surface area (Å²) in [7, 11) is 1.54. The fourth-order valence-corrected chi connectivity index (χ4v) is 2.70.